The van der Waals surface area contributed by atoms with E-state index in [0.29, 0.717) is 35.3 Å². The Hall–Kier alpha value is -3.40. The molecular formula is C26H34N6O3S. The van der Waals surface area contributed by atoms with Crippen LogP contribution in [-0.2, 0) is 6.54 Å². The van der Waals surface area contributed by atoms with E-state index in [1.807, 2.05) is 61.5 Å². The van der Waals surface area contributed by atoms with Crippen molar-refractivity contribution in [3.05, 3.63) is 48.0 Å². The van der Waals surface area contributed by atoms with Crippen LogP contribution in [0.2, 0.25) is 0 Å². The van der Waals surface area contributed by atoms with E-state index in [2.05, 4.69) is 15.4 Å². The van der Waals surface area contributed by atoms with Crippen LogP contribution in [0.3, 0.4) is 0 Å². The molecule has 1 saturated carbocycles. The predicted octanol–water partition coefficient (Wildman–Crippen LogP) is 4.58. The van der Waals surface area contributed by atoms with Crippen LogP contribution in [0.1, 0.15) is 31.2 Å². The third-order valence-corrected chi connectivity index (χ3v) is 7.36. The van der Waals surface area contributed by atoms with E-state index in [4.69, 9.17) is 19.4 Å². The molecule has 9 nitrogen and oxygen atoms in total. The van der Waals surface area contributed by atoms with Gasteiger partial charge in [0.25, 0.3) is 0 Å². The Morgan fingerprint density at radius 2 is 1.81 bits per heavy atom. The number of fused-ring (bicyclic) bond motifs is 1. The molecule has 0 radical (unpaired) electrons. The maximum Gasteiger partial charge on any atom is 0.325 e. The Morgan fingerprint density at radius 1 is 1.03 bits per heavy atom. The zero-order chi connectivity index (χ0) is 25.5. The minimum atomic E-state index is -0.217. The summed E-state index contributed by atoms with van der Waals surface area (Å²) in [5.74, 6) is 2.85. The van der Waals surface area contributed by atoms with Gasteiger partial charge in [-0.15, -0.1) is 0 Å². The first kappa shape index (κ1) is 25.7. The summed E-state index contributed by atoms with van der Waals surface area (Å²) >= 11 is 1.49. The van der Waals surface area contributed by atoms with Crippen molar-refractivity contribution >= 4 is 40.6 Å². The van der Waals surface area contributed by atoms with Crippen molar-refractivity contribution < 1.29 is 14.3 Å². The van der Waals surface area contributed by atoms with Gasteiger partial charge in [-0.2, -0.15) is 4.98 Å². The molecule has 0 bridgehead atoms. The van der Waals surface area contributed by atoms with Gasteiger partial charge in [-0.25, -0.2) is 9.78 Å². The van der Waals surface area contributed by atoms with Gasteiger partial charge in [-0.1, -0.05) is 24.3 Å². The molecule has 1 aliphatic carbocycles. The van der Waals surface area contributed by atoms with E-state index < -0.39 is 0 Å². The number of para-hydroxylation sites is 2. The van der Waals surface area contributed by atoms with Crippen LogP contribution < -0.4 is 29.7 Å². The number of hydrogen-bond acceptors (Lipinski definition) is 8. The number of benzene rings is 2. The summed E-state index contributed by atoms with van der Waals surface area (Å²) < 4.78 is 13.7. The summed E-state index contributed by atoms with van der Waals surface area (Å²) in [6.07, 6.45) is 3.99. The zero-order valence-corrected chi connectivity index (χ0v) is 22.0. The number of anilines is 2. The topological polar surface area (TPSA) is 101 Å². The van der Waals surface area contributed by atoms with Crippen LogP contribution in [0.4, 0.5) is 16.6 Å². The Balaban J connectivity index is 1.24. The largest absolute Gasteiger partial charge is 0.493 e. The van der Waals surface area contributed by atoms with Crippen molar-refractivity contribution in [1.29, 1.82) is 0 Å². The van der Waals surface area contributed by atoms with Gasteiger partial charge in [0, 0.05) is 42.9 Å². The minimum absolute atomic E-state index is 0.217. The normalized spacial score (nSPS) is 17.3. The van der Waals surface area contributed by atoms with Gasteiger partial charge >= 0.3 is 6.03 Å². The highest BCUT2D eigenvalue weighted by Gasteiger charge is 2.23. The molecule has 1 aliphatic rings. The van der Waals surface area contributed by atoms with Crippen molar-refractivity contribution in [3.63, 3.8) is 0 Å². The van der Waals surface area contributed by atoms with Crippen LogP contribution >= 0.6 is 11.9 Å². The molecule has 0 atom stereocenters. The lowest BCUT2D eigenvalue weighted by molar-refractivity contribution is 0.246. The van der Waals surface area contributed by atoms with E-state index >= 15 is 0 Å². The van der Waals surface area contributed by atoms with Gasteiger partial charge in [0.05, 0.1) is 19.7 Å². The van der Waals surface area contributed by atoms with Gasteiger partial charge in [0.1, 0.15) is 5.82 Å². The molecule has 36 heavy (non-hydrogen) atoms. The van der Waals surface area contributed by atoms with Crippen molar-refractivity contribution in [1.82, 2.24) is 20.0 Å². The van der Waals surface area contributed by atoms with E-state index in [-0.39, 0.29) is 6.03 Å². The van der Waals surface area contributed by atoms with Crippen LogP contribution in [0, 0.1) is 0 Å². The SMILES string of the molecule is COc1cccc(CNC(=O)NSC2CCC(Nc3nc(N(C)C)c4ccccc4n3)CC2)c1OC. The van der Waals surface area contributed by atoms with Crippen LogP contribution in [-0.4, -0.2) is 55.6 Å². The average Bonchev–Trinajstić information content (AvgIpc) is 2.90. The molecule has 1 fully saturated rings. The number of ether oxygens (including phenoxy) is 2. The number of rotatable bonds is 9. The van der Waals surface area contributed by atoms with E-state index in [1.165, 1.54) is 11.9 Å². The van der Waals surface area contributed by atoms with Crippen molar-refractivity contribution in [2.24, 2.45) is 0 Å². The van der Waals surface area contributed by atoms with Crippen LogP contribution in [0.5, 0.6) is 11.5 Å². The minimum Gasteiger partial charge on any atom is -0.493 e. The number of carbonyl (C=O) groups is 1. The van der Waals surface area contributed by atoms with Crippen molar-refractivity contribution in [2.75, 3.05) is 38.5 Å². The summed E-state index contributed by atoms with van der Waals surface area (Å²) in [4.78, 5) is 23.9. The number of amides is 2. The smallest absolute Gasteiger partial charge is 0.325 e. The quantitative estimate of drug-likeness (QED) is 0.360. The summed E-state index contributed by atoms with van der Waals surface area (Å²) in [6.45, 7) is 0.351. The van der Waals surface area contributed by atoms with Gasteiger partial charge < -0.3 is 25.0 Å². The fourth-order valence-electron chi connectivity index (χ4n) is 4.41. The molecule has 3 aromatic rings. The summed E-state index contributed by atoms with van der Waals surface area (Å²) in [6, 6.07) is 13.8. The molecule has 1 heterocycles. The molecule has 0 unspecified atom stereocenters. The first-order valence-electron chi connectivity index (χ1n) is 12.1. The van der Waals surface area contributed by atoms with Crippen LogP contribution in [0.25, 0.3) is 10.9 Å². The number of methoxy groups -OCH3 is 2. The molecule has 0 spiro atoms. The molecular weight excluding hydrogens is 476 g/mol. The van der Waals surface area contributed by atoms with Crippen LogP contribution in [0.15, 0.2) is 42.5 Å². The lowest BCUT2D eigenvalue weighted by Crippen LogP contribution is -2.34. The molecule has 0 saturated heterocycles. The fourth-order valence-corrected chi connectivity index (χ4v) is 5.27. The van der Waals surface area contributed by atoms with Gasteiger partial charge in [0.15, 0.2) is 11.5 Å². The molecule has 0 aliphatic heterocycles. The summed E-state index contributed by atoms with van der Waals surface area (Å²) in [5.41, 5.74) is 1.79. The molecule has 1 aromatic heterocycles. The third-order valence-electron chi connectivity index (χ3n) is 6.26. The van der Waals surface area contributed by atoms with Crippen molar-refractivity contribution in [2.45, 2.75) is 43.5 Å². The lowest BCUT2D eigenvalue weighted by Gasteiger charge is -2.29. The molecule has 10 heteroatoms. The number of carbonyl (C=O) groups excluding carboxylic acids is 1. The van der Waals surface area contributed by atoms with Gasteiger partial charge in [-0.05, 0) is 55.8 Å². The average molecular weight is 511 g/mol. The zero-order valence-electron chi connectivity index (χ0n) is 21.2. The van der Waals surface area contributed by atoms with E-state index in [9.17, 15) is 4.79 Å². The standard InChI is InChI=1S/C26H34N6O3S/c1-32(2)24-20-9-5-6-10-21(20)29-25(30-24)28-18-12-14-19(15-13-18)36-31-26(33)27-16-17-8-7-11-22(34-3)23(17)35-4/h5-11,18-19H,12-16H2,1-4H3,(H2,27,31,33)(H,28,29,30). The first-order valence-corrected chi connectivity index (χ1v) is 13.0. The number of aromatic nitrogens is 2. The lowest BCUT2D eigenvalue weighted by atomic mass is 9.95. The molecule has 2 aromatic carbocycles. The number of nitrogens with zero attached hydrogens (tertiary/aromatic N) is 3. The van der Waals surface area contributed by atoms with Crippen molar-refractivity contribution in [3.8, 4) is 11.5 Å². The highest BCUT2D eigenvalue weighted by molar-refractivity contribution is 7.98. The second kappa shape index (κ2) is 12.0. The summed E-state index contributed by atoms with van der Waals surface area (Å²) in [7, 11) is 7.18. The summed E-state index contributed by atoms with van der Waals surface area (Å²) in [5, 5.41) is 7.84. The monoisotopic (exact) mass is 510 g/mol. The molecule has 3 N–H and O–H groups in total. The Kier molecular flexibility index (Phi) is 8.58. The highest BCUT2D eigenvalue weighted by Crippen LogP contribution is 2.31. The molecule has 2 amide bonds. The maximum atomic E-state index is 12.4. The first-order chi connectivity index (χ1) is 17.5. The number of urea groups is 1. The van der Waals surface area contributed by atoms with E-state index in [1.54, 1.807) is 14.2 Å². The second-order valence-corrected chi connectivity index (χ2v) is 10.1. The van der Waals surface area contributed by atoms with E-state index in [0.717, 1.165) is 48.0 Å². The van der Waals surface area contributed by atoms with Gasteiger partial charge in [0.2, 0.25) is 5.95 Å². The Labute approximate surface area is 216 Å². The second-order valence-electron chi connectivity index (χ2n) is 8.96. The Bertz CT molecular complexity index is 1180. The Morgan fingerprint density at radius 3 is 2.53 bits per heavy atom. The maximum absolute atomic E-state index is 12.4. The molecule has 4 rings (SSSR count). The predicted molar refractivity (Wildman–Crippen MR) is 146 cm³/mol. The highest BCUT2D eigenvalue weighted by atomic mass is 32.2. The third kappa shape index (κ3) is 6.23. The molecule has 192 valence electrons. The van der Waals surface area contributed by atoms with Gasteiger partial charge in [-0.3, -0.25) is 4.72 Å². The number of nitrogens with one attached hydrogen (secondary N) is 3. The fraction of sp³-hybridized carbons (Fsp3) is 0.423. The number of hydrogen-bond donors (Lipinski definition) is 3.